The number of carboxylic acid groups (broad SMARTS) is 1. The third-order valence-electron chi connectivity index (χ3n) is 3.61. The van der Waals surface area contributed by atoms with Gasteiger partial charge in [-0.05, 0) is 42.9 Å². The number of aryl methyl sites for hydroxylation is 1. The van der Waals surface area contributed by atoms with Gasteiger partial charge in [0.1, 0.15) is 0 Å². The summed E-state index contributed by atoms with van der Waals surface area (Å²) < 4.78 is 26.1. The van der Waals surface area contributed by atoms with E-state index in [0.29, 0.717) is 24.4 Å². The van der Waals surface area contributed by atoms with Crippen LogP contribution in [0.1, 0.15) is 35.7 Å². The van der Waals surface area contributed by atoms with Gasteiger partial charge in [-0.25, -0.2) is 17.5 Å². The Kier molecular flexibility index (Phi) is 4.15. The van der Waals surface area contributed by atoms with Crippen LogP contribution in [-0.4, -0.2) is 37.4 Å². The average Bonchev–Trinajstić information content (AvgIpc) is 3.21. The molecule has 0 spiro atoms. The Morgan fingerprint density at radius 1 is 1.40 bits per heavy atom. The van der Waals surface area contributed by atoms with E-state index in [4.69, 9.17) is 0 Å². The third kappa shape index (κ3) is 3.02. The number of benzene rings is 1. The van der Waals surface area contributed by atoms with Crippen molar-refractivity contribution >= 4 is 16.0 Å². The molecule has 0 heterocycles. The molecule has 0 aliphatic heterocycles. The summed E-state index contributed by atoms with van der Waals surface area (Å²) >= 11 is 0. The number of carbonyl (C=O) groups is 1. The van der Waals surface area contributed by atoms with E-state index in [-0.39, 0.29) is 10.5 Å². The number of hydrogen-bond donors (Lipinski definition) is 1. The normalized spacial score (nSPS) is 15.6. The van der Waals surface area contributed by atoms with Crippen molar-refractivity contribution < 1.29 is 18.3 Å². The van der Waals surface area contributed by atoms with E-state index in [1.165, 1.54) is 16.4 Å². The van der Waals surface area contributed by atoms with Crippen molar-refractivity contribution in [1.82, 2.24) is 4.31 Å². The molecule has 1 saturated carbocycles. The summed E-state index contributed by atoms with van der Waals surface area (Å²) in [6.07, 6.45) is 2.68. The zero-order valence-electron chi connectivity index (χ0n) is 11.7. The topological polar surface area (TPSA) is 74.7 Å². The van der Waals surface area contributed by atoms with E-state index >= 15 is 0 Å². The zero-order valence-corrected chi connectivity index (χ0v) is 12.5. The summed E-state index contributed by atoms with van der Waals surface area (Å²) in [5.41, 5.74) is 0.703. The molecule has 0 atom stereocenters. The Morgan fingerprint density at radius 2 is 2.05 bits per heavy atom. The summed E-state index contributed by atoms with van der Waals surface area (Å²) in [4.78, 5) is 11.3. The maximum atomic E-state index is 12.4. The summed E-state index contributed by atoms with van der Waals surface area (Å²) in [7, 11) is -2.06. The molecule has 0 amide bonds. The second-order valence-electron chi connectivity index (χ2n) is 5.21. The van der Waals surface area contributed by atoms with Crippen LogP contribution in [0.25, 0.3) is 0 Å². The van der Waals surface area contributed by atoms with Crippen molar-refractivity contribution in [3.63, 3.8) is 0 Å². The van der Waals surface area contributed by atoms with E-state index in [0.717, 1.165) is 12.8 Å². The molecule has 20 heavy (non-hydrogen) atoms. The summed E-state index contributed by atoms with van der Waals surface area (Å²) in [5, 5.41) is 9.17. The lowest BCUT2D eigenvalue weighted by Gasteiger charge is -2.17. The molecule has 1 aromatic carbocycles. The van der Waals surface area contributed by atoms with Crippen LogP contribution in [0.2, 0.25) is 0 Å². The molecule has 0 aromatic heterocycles. The van der Waals surface area contributed by atoms with E-state index in [2.05, 4.69) is 0 Å². The first-order chi connectivity index (χ1) is 9.36. The van der Waals surface area contributed by atoms with Gasteiger partial charge in [0.05, 0.1) is 10.5 Å². The van der Waals surface area contributed by atoms with Gasteiger partial charge in [0, 0.05) is 13.6 Å². The van der Waals surface area contributed by atoms with Crippen LogP contribution in [0.5, 0.6) is 0 Å². The molecule has 0 radical (unpaired) electrons. The van der Waals surface area contributed by atoms with Crippen molar-refractivity contribution in [2.24, 2.45) is 5.92 Å². The standard InChI is InChI=1S/C14H19NO4S/c1-3-11-6-7-12(8-13(11)14(16)17)20(18,19)15(2)9-10-4-5-10/h6-8,10H,3-5,9H2,1-2H3,(H,16,17). The minimum atomic E-state index is -3.61. The van der Waals surface area contributed by atoms with Crippen LogP contribution in [0.15, 0.2) is 23.1 Å². The highest BCUT2D eigenvalue weighted by Gasteiger charge is 2.29. The maximum absolute atomic E-state index is 12.4. The molecule has 1 aliphatic carbocycles. The van der Waals surface area contributed by atoms with Crippen LogP contribution >= 0.6 is 0 Å². The fraction of sp³-hybridized carbons (Fsp3) is 0.500. The average molecular weight is 297 g/mol. The van der Waals surface area contributed by atoms with E-state index in [9.17, 15) is 18.3 Å². The lowest BCUT2D eigenvalue weighted by Crippen LogP contribution is -2.29. The first-order valence-corrected chi connectivity index (χ1v) is 8.12. The fourth-order valence-corrected chi connectivity index (χ4v) is 3.44. The SMILES string of the molecule is CCc1ccc(S(=O)(=O)N(C)CC2CC2)cc1C(=O)O. The van der Waals surface area contributed by atoms with Gasteiger partial charge < -0.3 is 5.11 Å². The predicted molar refractivity (Wildman–Crippen MR) is 75.3 cm³/mol. The second kappa shape index (κ2) is 5.54. The highest BCUT2D eigenvalue weighted by Crippen LogP contribution is 2.31. The van der Waals surface area contributed by atoms with Gasteiger partial charge >= 0.3 is 5.97 Å². The Bertz CT molecular complexity index is 620. The minimum absolute atomic E-state index is 0.0512. The number of aromatic carboxylic acids is 1. The zero-order chi connectivity index (χ0) is 14.9. The smallest absolute Gasteiger partial charge is 0.336 e. The maximum Gasteiger partial charge on any atom is 0.336 e. The molecule has 0 unspecified atom stereocenters. The van der Waals surface area contributed by atoms with Crippen LogP contribution < -0.4 is 0 Å². The fourth-order valence-electron chi connectivity index (χ4n) is 2.17. The van der Waals surface area contributed by atoms with E-state index in [1.54, 1.807) is 13.1 Å². The Labute approximate surface area is 119 Å². The number of carboxylic acids is 1. The van der Waals surface area contributed by atoms with Gasteiger partial charge in [-0.2, -0.15) is 0 Å². The molecule has 1 fully saturated rings. The molecular formula is C14H19NO4S. The molecule has 2 rings (SSSR count). The first-order valence-electron chi connectivity index (χ1n) is 6.68. The van der Waals surface area contributed by atoms with E-state index < -0.39 is 16.0 Å². The Morgan fingerprint density at radius 3 is 2.55 bits per heavy atom. The van der Waals surface area contributed by atoms with Crippen molar-refractivity contribution in [3.05, 3.63) is 29.3 Å². The van der Waals surface area contributed by atoms with Gasteiger partial charge in [-0.3, -0.25) is 0 Å². The van der Waals surface area contributed by atoms with Gasteiger partial charge in [-0.15, -0.1) is 0 Å². The van der Waals surface area contributed by atoms with Gasteiger partial charge in [-0.1, -0.05) is 13.0 Å². The monoisotopic (exact) mass is 297 g/mol. The number of rotatable bonds is 6. The van der Waals surface area contributed by atoms with E-state index in [1.807, 2.05) is 6.92 Å². The van der Waals surface area contributed by atoms with Gasteiger partial charge in [0.2, 0.25) is 10.0 Å². The summed E-state index contributed by atoms with van der Waals surface area (Å²) in [6.45, 7) is 2.34. The van der Waals surface area contributed by atoms with Crippen molar-refractivity contribution in [2.45, 2.75) is 31.1 Å². The number of hydrogen-bond acceptors (Lipinski definition) is 3. The van der Waals surface area contributed by atoms with Crippen LogP contribution in [-0.2, 0) is 16.4 Å². The molecule has 5 nitrogen and oxygen atoms in total. The summed E-state index contributed by atoms with van der Waals surface area (Å²) in [5.74, 6) is -0.646. The minimum Gasteiger partial charge on any atom is -0.478 e. The van der Waals surface area contributed by atoms with Crippen molar-refractivity contribution in [2.75, 3.05) is 13.6 Å². The van der Waals surface area contributed by atoms with Crippen molar-refractivity contribution in [3.8, 4) is 0 Å². The molecule has 0 bridgehead atoms. The lowest BCUT2D eigenvalue weighted by atomic mass is 10.1. The Balaban J connectivity index is 2.35. The lowest BCUT2D eigenvalue weighted by molar-refractivity contribution is 0.0695. The molecule has 6 heteroatoms. The molecular weight excluding hydrogens is 278 g/mol. The molecule has 1 N–H and O–H groups in total. The first kappa shape index (κ1) is 15.0. The number of sulfonamides is 1. The molecule has 1 aromatic rings. The van der Waals surface area contributed by atoms with Gasteiger partial charge in [0.25, 0.3) is 0 Å². The van der Waals surface area contributed by atoms with Crippen molar-refractivity contribution in [1.29, 1.82) is 0 Å². The molecule has 110 valence electrons. The summed E-state index contributed by atoms with van der Waals surface area (Å²) in [6, 6.07) is 4.34. The van der Waals surface area contributed by atoms with Crippen LogP contribution in [0.3, 0.4) is 0 Å². The predicted octanol–water partition coefficient (Wildman–Crippen LogP) is 1.98. The highest BCUT2D eigenvalue weighted by molar-refractivity contribution is 7.89. The molecule has 0 saturated heterocycles. The number of nitrogens with zero attached hydrogens (tertiary/aromatic N) is 1. The highest BCUT2D eigenvalue weighted by atomic mass is 32.2. The second-order valence-corrected chi connectivity index (χ2v) is 7.25. The Hall–Kier alpha value is -1.40. The quantitative estimate of drug-likeness (QED) is 0.871. The molecule has 1 aliphatic rings. The van der Waals surface area contributed by atoms with Crippen LogP contribution in [0, 0.1) is 5.92 Å². The van der Waals surface area contributed by atoms with Gasteiger partial charge in [0.15, 0.2) is 0 Å². The largest absolute Gasteiger partial charge is 0.478 e. The van der Waals surface area contributed by atoms with Crippen LogP contribution in [0.4, 0.5) is 0 Å². The third-order valence-corrected chi connectivity index (χ3v) is 5.43.